The summed E-state index contributed by atoms with van der Waals surface area (Å²) in [7, 11) is 0. The van der Waals surface area contributed by atoms with Crippen molar-refractivity contribution in [1.82, 2.24) is 10.1 Å². The summed E-state index contributed by atoms with van der Waals surface area (Å²) in [6, 6.07) is 15.6. The minimum absolute atomic E-state index is 0.470. The van der Waals surface area contributed by atoms with Gasteiger partial charge in [-0.25, -0.2) is 0 Å². The normalized spacial score (nSPS) is 10.3. The van der Waals surface area contributed by atoms with E-state index < -0.39 is 0 Å². The zero-order valence-electron chi connectivity index (χ0n) is 9.91. The van der Waals surface area contributed by atoms with E-state index in [0.717, 1.165) is 10.4 Å². The van der Waals surface area contributed by atoms with Crippen LogP contribution in [0.5, 0.6) is 0 Å². The molecule has 0 N–H and O–H groups in total. The molecular formula is C14H9N3OS. The van der Waals surface area contributed by atoms with Gasteiger partial charge in [-0.2, -0.15) is 10.2 Å². The molecule has 3 aromatic rings. The van der Waals surface area contributed by atoms with Crippen LogP contribution < -0.4 is 0 Å². The first-order chi connectivity index (χ1) is 9.35. The summed E-state index contributed by atoms with van der Waals surface area (Å²) < 4.78 is 5.22. The third-order valence-electron chi connectivity index (χ3n) is 2.60. The first kappa shape index (κ1) is 11.6. The summed E-state index contributed by atoms with van der Waals surface area (Å²) in [4.78, 5) is 5.81. The minimum atomic E-state index is 0.470. The van der Waals surface area contributed by atoms with E-state index in [1.807, 2.05) is 36.4 Å². The molecule has 0 radical (unpaired) electrons. The van der Waals surface area contributed by atoms with Crippen molar-refractivity contribution in [1.29, 1.82) is 5.26 Å². The smallest absolute Gasteiger partial charge is 0.268 e. The highest BCUT2D eigenvalue weighted by Gasteiger charge is 2.11. The first-order valence-electron chi connectivity index (χ1n) is 5.72. The Kier molecular flexibility index (Phi) is 3.09. The van der Waals surface area contributed by atoms with Gasteiger partial charge >= 0.3 is 0 Å². The van der Waals surface area contributed by atoms with Crippen molar-refractivity contribution < 1.29 is 4.52 Å². The van der Waals surface area contributed by atoms with Gasteiger partial charge in [0.1, 0.15) is 10.9 Å². The molecule has 19 heavy (non-hydrogen) atoms. The van der Waals surface area contributed by atoms with Crippen LogP contribution in [0.1, 0.15) is 16.3 Å². The van der Waals surface area contributed by atoms with E-state index in [4.69, 9.17) is 9.78 Å². The Bertz CT molecular complexity index is 724. The van der Waals surface area contributed by atoms with E-state index in [0.29, 0.717) is 23.0 Å². The van der Waals surface area contributed by atoms with Gasteiger partial charge in [-0.1, -0.05) is 35.5 Å². The lowest BCUT2D eigenvalue weighted by Crippen LogP contribution is -1.89. The number of nitrogens with zero attached hydrogens (tertiary/aromatic N) is 3. The van der Waals surface area contributed by atoms with Gasteiger partial charge in [0.25, 0.3) is 5.89 Å². The second-order valence-electron chi connectivity index (χ2n) is 3.95. The van der Waals surface area contributed by atoms with E-state index >= 15 is 0 Å². The topological polar surface area (TPSA) is 62.7 Å². The average molecular weight is 267 g/mol. The molecule has 0 saturated carbocycles. The maximum Gasteiger partial charge on any atom is 0.268 e. The van der Waals surface area contributed by atoms with E-state index in [2.05, 4.69) is 16.2 Å². The van der Waals surface area contributed by atoms with Gasteiger partial charge in [0.05, 0.1) is 4.88 Å². The van der Waals surface area contributed by atoms with Crippen molar-refractivity contribution in [2.75, 3.05) is 0 Å². The molecule has 2 aromatic heterocycles. The maximum atomic E-state index is 8.79. The molecule has 0 saturated heterocycles. The van der Waals surface area contributed by atoms with Crippen molar-refractivity contribution in [3.05, 3.63) is 58.7 Å². The Morgan fingerprint density at radius 1 is 1.16 bits per heavy atom. The molecule has 0 aliphatic carbocycles. The van der Waals surface area contributed by atoms with Crippen LogP contribution >= 0.6 is 11.3 Å². The lowest BCUT2D eigenvalue weighted by atomic mass is 10.1. The molecule has 0 bridgehead atoms. The summed E-state index contributed by atoms with van der Waals surface area (Å²) in [6.45, 7) is 0. The van der Waals surface area contributed by atoms with Crippen molar-refractivity contribution >= 4 is 11.3 Å². The molecule has 5 heteroatoms. The highest BCUT2D eigenvalue weighted by Crippen LogP contribution is 2.26. The standard InChI is InChI=1S/C14H9N3OS/c15-9-11-6-7-12(19-11)14-16-13(17-18-14)8-10-4-2-1-3-5-10/h1-7H,8H2. The van der Waals surface area contributed by atoms with Crippen molar-refractivity contribution in [3.8, 4) is 16.8 Å². The van der Waals surface area contributed by atoms with Crippen LogP contribution in [-0.2, 0) is 6.42 Å². The lowest BCUT2D eigenvalue weighted by Gasteiger charge is -1.93. The van der Waals surface area contributed by atoms with Crippen LogP contribution in [0.4, 0.5) is 0 Å². The Hall–Kier alpha value is -2.45. The highest BCUT2D eigenvalue weighted by molar-refractivity contribution is 7.15. The molecule has 0 spiro atoms. The molecule has 0 atom stereocenters. The molecule has 0 aliphatic rings. The zero-order chi connectivity index (χ0) is 13.1. The van der Waals surface area contributed by atoms with Gasteiger partial charge in [0.15, 0.2) is 5.82 Å². The number of rotatable bonds is 3. The van der Waals surface area contributed by atoms with E-state index in [-0.39, 0.29) is 0 Å². The number of hydrogen-bond acceptors (Lipinski definition) is 5. The lowest BCUT2D eigenvalue weighted by molar-refractivity contribution is 0.425. The fraction of sp³-hybridized carbons (Fsp3) is 0.0714. The Morgan fingerprint density at radius 2 is 2.00 bits per heavy atom. The van der Waals surface area contributed by atoms with E-state index in [9.17, 15) is 0 Å². The summed E-state index contributed by atoms with van der Waals surface area (Å²) in [5, 5.41) is 12.8. The zero-order valence-corrected chi connectivity index (χ0v) is 10.7. The van der Waals surface area contributed by atoms with Gasteiger partial charge in [0, 0.05) is 6.42 Å². The number of aromatic nitrogens is 2. The Balaban J connectivity index is 1.82. The molecule has 3 rings (SSSR count). The second kappa shape index (κ2) is 5.04. The van der Waals surface area contributed by atoms with Crippen LogP contribution in [0, 0.1) is 11.3 Å². The fourth-order valence-corrected chi connectivity index (χ4v) is 2.44. The molecule has 0 amide bonds. The van der Waals surface area contributed by atoms with Gasteiger partial charge < -0.3 is 4.52 Å². The Morgan fingerprint density at radius 3 is 2.74 bits per heavy atom. The van der Waals surface area contributed by atoms with Crippen LogP contribution in [0.3, 0.4) is 0 Å². The van der Waals surface area contributed by atoms with E-state index in [1.165, 1.54) is 11.3 Å². The second-order valence-corrected chi connectivity index (χ2v) is 5.04. The SMILES string of the molecule is N#Cc1ccc(-c2nc(Cc3ccccc3)no2)s1. The predicted octanol–water partition coefficient (Wildman–Crippen LogP) is 3.26. The maximum absolute atomic E-state index is 8.79. The third-order valence-corrected chi connectivity index (χ3v) is 3.58. The van der Waals surface area contributed by atoms with Crippen molar-refractivity contribution in [3.63, 3.8) is 0 Å². The monoisotopic (exact) mass is 267 g/mol. The Labute approximate surface area is 113 Å². The molecule has 92 valence electrons. The minimum Gasteiger partial charge on any atom is -0.333 e. The van der Waals surface area contributed by atoms with Gasteiger partial charge in [-0.3, -0.25) is 0 Å². The summed E-state index contributed by atoms with van der Waals surface area (Å²) >= 11 is 1.35. The molecule has 4 nitrogen and oxygen atoms in total. The first-order valence-corrected chi connectivity index (χ1v) is 6.53. The number of hydrogen-bond donors (Lipinski definition) is 0. The van der Waals surface area contributed by atoms with Crippen LogP contribution in [0.15, 0.2) is 47.0 Å². The molecular weight excluding hydrogens is 258 g/mol. The number of benzene rings is 1. The van der Waals surface area contributed by atoms with Gasteiger partial charge in [-0.05, 0) is 17.7 Å². The summed E-state index contributed by atoms with van der Waals surface area (Å²) in [5.41, 5.74) is 1.14. The predicted molar refractivity (Wildman–Crippen MR) is 71.6 cm³/mol. The number of thiophene rings is 1. The summed E-state index contributed by atoms with van der Waals surface area (Å²) in [6.07, 6.45) is 0.640. The highest BCUT2D eigenvalue weighted by atomic mass is 32.1. The summed E-state index contributed by atoms with van der Waals surface area (Å²) in [5.74, 6) is 1.12. The fourth-order valence-electron chi connectivity index (χ4n) is 1.72. The number of nitriles is 1. The average Bonchev–Trinajstić information content (AvgIpc) is 3.08. The molecule has 1 aromatic carbocycles. The molecule has 0 fully saturated rings. The quantitative estimate of drug-likeness (QED) is 0.730. The molecule has 2 heterocycles. The largest absolute Gasteiger partial charge is 0.333 e. The van der Waals surface area contributed by atoms with Crippen LogP contribution in [-0.4, -0.2) is 10.1 Å². The molecule has 0 aliphatic heterocycles. The van der Waals surface area contributed by atoms with E-state index in [1.54, 1.807) is 6.07 Å². The van der Waals surface area contributed by atoms with Gasteiger partial charge in [0.2, 0.25) is 0 Å². The molecule has 0 unspecified atom stereocenters. The van der Waals surface area contributed by atoms with Crippen LogP contribution in [0.25, 0.3) is 10.8 Å². The van der Waals surface area contributed by atoms with Crippen molar-refractivity contribution in [2.45, 2.75) is 6.42 Å². The van der Waals surface area contributed by atoms with Crippen molar-refractivity contribution in [2.24, 2.45) is 0 Å². The van der Waals surface area contributed by atoms with Crippen LogP contribution in [0.2, 0.25) is 0 Å². The van der Waals surface area contributed by atoms with Gasteiger partial charge in [-0.15, -0.1) is 11.3 Å². The third kappa shape index (κ3) is 2.54.